The summed E-state index contributed by atoms with van der Waals surface area (Å²) in [5.74, 6) is 1.47. The van der Waals surface area contributed by atoms with Gasteiger partial charge in [0, 0.05) is 10.5 Å². The van der Waals surface area contributed by atoms with Crippen molar-refractivity contribution in [1.82, 2.24) is 19.7 Å². The normalized spacial score (nSPS) is 15.2. The Morgan fingerprint density at radius 1 is 1.37 bits per heavy atom. The van der Waals surface area contributed by atoms with E-state index in [0.717, 1.165) is 26.9 Å². The van der Waals surface area contributed by atoms with E-state index in [-0.39, 0.29) is 0 Å². The molecular weight excluding hydrogens is 306 g/mol. The highest BCUT2D eigenvalue weighted by molar-refractivity contribution is 9.10. The molecule has 0 aliphatic heterocycles. The Morgan fingerprint density at radius 2 is 2.21 bits per heavy atom. The van der Waals surface area contributed by atoms with Crippen LogP contribution in [0.1, 0.15) is 18.9 Å². The second kappa shape index (κ2) is 3.84. The average molecular weight is 318 g/mol. The van der Waals surface area contributed by atoms with Crippen molar-refractivity contribution >= 4 is 32.8 Å². The minimum atomic E-state index is 0.537. The first kappa shape index (κ1) is 11.0. The molecule has 0 spiro atoms. The van der Waals surface area contributed by atoms with E-state index in [9.17, 15) is 0 Å². The smallest absolute Gasteiger partial charge is 0.146 e. The Hall–Kier alpha value is -1.82. The minimum Gasteiger partial charge on any atom is -0.383 e. The summed E-state index contributed by atoms with van der Waals surface area (Å²) in [6.07, 6.45) is 4.14. The average Bonchev–Trinajstić information content (AvgIpc) is 3.03. The number of nitrogens with zero attached hydrogens (tertiary/aromatic N) is 3. The van der Waals surface area contributed by atoms with E-state index in [1.54, 1.807) is 6.20 Å². The van der Waals surface area contributed by atoms with Crippen LogP contribution in [0, 0.1) is 0 Å². The molecule has 3 aromatic rings. The predicted molar refractivity (Wildman–Crippen MR) is 77.7 cm³/mol. The largest absolute Gasteiger partial charge is 0.383 e. The second-order valence-electron chi connectivity index (χ2n) is 4.87. The molecule has 6 heteroatoms. The lowest BCUT2D eigenvalue weighted by Gasteiger charge is -2.06. The third-order valence-corrected chi connectivity index (χ3v) is 3.97. The van der Waals surface area contributed by atoms with Crippen LogP contribution in [0.5, 0.6) is 0 Å². The van der Waals surface area contributed by atoms with Crippen LogP contribution in [-0.4, -0.2) is 19.7 Å². The number of aromatic amines is 1. The molecule has 0 saturated heterocycles. The van der Waals surface area contributed by atoms with Gasteiger partial charge in [-0.25, -0.2) is 4.98 Å². The summed E-state index contributed by atoms with van der Waals surface area (Å²) >= 11 is 3.49. The van der Waals surface area contributed by atoms with E-state index in [2.05, 4.69) is 36.8 Å². The van der Waals surface area contributed by atoms with Gasteiger partial charge in [0.05, 0.1) is 22.8 Å². The van der Waals surface area contributed by atoms with Crippen molar-refractivity contribution in [2.75, 3.05) is 5.73 Å². The van der Waals surface area contributed by atoms with E-state index >= 15 is 0 Å². The van der Waals surface area contributed by atoms with E-state index < -0.39 is 0 Å². The van der Waals surface area contributed by atoms with E-state index in [1.807, 2.05) is 12.1 Å². The number of nitrogen functional groups attached to an aromatic ring is 1. The van der Waals surface area contributed by atoms with Gasteiger partial charge in [0.2, 0.25) is 0 Å². The molecule has 0 amide bonds. The maximum atomic E-state index is 5.93. The molecule has 2 aromatic heterocycles. The number of halogens is 1. The first-order valence-corrected chi connectivity index (χ1v) is 7.00. The van der Waals surface area contributed by atoms with E-state index in [4.69, 9.17) is 10.7 Å². The summed E-state index contributed by atoms with van der Waals surface area (Å²) in [7, 11) is 0. The van der Waals surface area contributed by atoms with Gasteiger partial charge in [-0.15, -0.1) is 0 Å². The second-order valence-corrected chi connectivity index (χ2v) is 5.78. The molecule has 0 atom stereocenters. The number of nitrogens with two attached hydrogens (primary N) is 1. The summed E-state index contributed by atoms with van der Waals surface area (Å²) in [5.41, 5.74) is 8.94. The van der Waals surface area contributed by atoms with Crippen molar-refractivity contribution in [3.8, 4) is 11.4 Å². The maximum absolute atomic E-state index is 5.93. The molecular formula is C13H12BrN5. The fourth-order valence-electron chi connectivity index (χ4n) is 2.44. The number of hydrogen-bond acceptors (Lipinski definition) is 3. The third kappa shape index (κ3) is 1.67. The van der Waals surface area contributed by atoms with Gasteiger partial charge < -0.3 is 10.3 Å². The molecule has 1 saturated carbocycles. The Balaban J connectivity index is 2.04. The fraction of sp³-hybridized carbons (Fsp3) is 0.231. The highest BCUT2D eigenvalue weighted by atomic mass is 79.9. The SMILES string of the molecule is Nc1[nH]ncc1-c1nc2cc(Br)ccc2n1C1CC1. The molecule has 1 aliphatic carbocycles. The van der Waals surface area contributed by atoms with Gasteiger partial charge in [-0.1, -0.05) is 15.9 Å². The van der Waals surface area contributed by atoms with Crippen LogP contribution in [0.25, 0.3) is 22.4 Å². The molecule has 1 aromatic carbocycles. The number of benzene rings is 1. The molecule has 96 valence electrons. The number of imidazole rings is 1. The summed E-state index contributed by atoms with van der Waals surface area (Å²) in [4.78, 5) is 4.73. The van der Waals surface area contributed by atoms with Crippen LogP contribution in [0.3, 0.4) is 0 Å². The molecule has 19 heavy (non-hydrogen) atoms. The number of nitrogens with one attached hydrogen (secondary N) is 1. The fourth-order valence-corrected chi connectivity index (χ4v) is 2.79. The summed E-state index contributed by atoms with van der Waals surface area (Å²) in [5, 5.41) is 6.77. The van der Waals surface area contributed by atoms with E-state index in [1.165, 1.54) is 12.8 Å². The molecule has 4 rings (SSSR count). The van der Waals surface area contributed by atoms with Crippen molar-refractivity contribution in [3.63, 3.8) is 0 Å². The summed E-state index contributed by atoms with van der Waals surface area (Å²) in [6.45, 7) is 0. The molecule has 5 nitrogen and oxygen atoms in total. The molecule has 0 radical (unpaired) electrons. The number of anilines is 1. The standard InChI is InChI=1S/C13H12BrN5/c14-7-1-4-11-10(5-7)17-13(19(11)8-2-3-8)9-6-16-18-12(9)15/h1,4-6,8H,2-3H2,(H3,15,16,18). The van der Waals surface area contributed by atoms with Crippen LogP contribution in [-0.2, 0) is 0 Å². The first-order valence-electron chi connectivity index (χ1n) is 6.21. The first-order chi connectivity index (χ1) is 9.24. The van der Waals surface area contributed by atoms with E-state index in [0.29, 0.717) is 11.9 Å². The lowest BCUT2D eigenvalue weighted by atomic mass is 10.3. The van der Waals surface area contributed by atoms with Crippen molar-refractivity contribution in [2.24, 2.45) is 0 Å². The highest BCUT2D eigenvalue weighted by Crippen LogP contribution is 2.42. The summed E-state index contributed by atoms with van der Waals surface area (Å²) < 4.78 is 3.32. The van der Waals surface area contributed by atoms with Crippen LogP contribution in [0.4, 0.5) is 5.82 Å². The molecule has 3 N–H and O–H groups in total. The maximum Gasteiger partial charge on any atom is 0.146 e. The highest BCUT2D eigenvalue weighted by Gasteiger charge is 2.29. The van der Waals surface area contributed by atoms with Gasteiger partial charge >= 0.3 is 0 Å². The van der Waals surface area contributed by atoms with Gasteiger partial charge in [-0.05, 0) is 31.0 Å². The van der Waals surface area contributed by atoms with Crippen LogP contribution >= 0.6 is 15.9 Å². The zero-order valence-corrected chi connectivity index (χ0v) is 11.7. The Bertz CT molecular complexity index is 769. The van der Waals surface area contributed by atoms with Crippen LogP contribution < -0.4 is 5.73 Å². The zero-order chi connectivity index (χ0) is 13.0. The monoisotopic (exact) mass is 317 g/mol. The number of H-pyrrole nitrogens is 1. The molecule has 1 aliphatic rings. The summed E-state index contributed by atoms with van der Waals surface area (Å²) in [6, 6.07) is 6.72. The van der Waals surface area contributed by atoms with Gasteiger partial charge in [0.15, 0.2) is 0 Å². The Labute approximate surface area is 118 Å². The predicted octanol–water partition coefficient (Wildman–Crippen LogP) is 3.11. The molecule has 1 fully saturated rings. The minimum absolute atomic E-state index is 0.537. The number of hydrogen-bond donors (Lipinski definition) is 2. The van der Waals surface area contributed by atoms with Crippen molar-refractivity contribution in [1.29, 1.82) is 0 Å². The van der Waals surface area contributed by atoms with Gasteiger partial charge in [-0.2, -0.15) is 5.10 Å². The third-order valence-electron chi connectivity index (χ3n) is 3.47. The van der Waals surface area contributed by atoms with Gasteiger partial charge in [0.1, 0.15) is 11.6 Å². The zero-order valence-electron chi connectivity index (χ0n) is 10.1. The quantitative estimate of drug-likeness (QED) is 0.762. The molecule has 2 heterocycles. The number of aromatic nitrogens is 4. The lowest BCUT2D eigenvalue weighted by molar-refractivity contribution is 0.775. The van der Waals surface area contributed by atoms with Crippen molar-refractivity contribution in [3.05, 3.63) is 28.9 Å². The molecule has 0 bridgehead atoms. The lowest BCUT2D eigenvalue weighted by Crippen LogP contribution is -1.98. The number of rotatable bonds is 2. The van der Waals surface area contributed by atoms with Crippen molar-refractivity contribution in [2.45, 2.75) is 18.9 Å². The van der Waals surface area contributed by atoms with Crippen LogP contribution in [0.2, 0.25) is 0 Å². The van der Waals surface area contributed by atoms with Gasteiger partial charge in [0.25, 0.3) is 0 Å². The number of fused-ring (bicyclic) bond motifs is 1. The Morgan fingerprint density at radius 3 is 2.89 bits per heavy atom. The van der Waals surface area contributed by atoms with Crippen LogP contribution in [0.15, 0.2) is 28.9 Å². The molecule has 0 unspecified atom stereocenters. The van der Waals surface area contributed by atoms with Gasteiger partial charge in [-0.3, -0.25) is 5.10 Å². The Kier molecular flexibility index (Phi) is 2.23. The van der Waals surface area contributed by atoms with Crippen molar-refractivity contribution < 1.29 is 0 Å². The topological polar surface area (TPSA) is 72.5 Å².